The van der Waals surface area contributed by atoms with Crippen LogP contribution in [0.3, 0.4) is 0 Å². The Balaban J connectivity index is 2.97. The van der Waals surface area contributed by atoms with E-state index in [9.17, 15) is 8.42 Å². The number of hydrogen-bond donors (Lipinski definition) is 1. The molecule has 0 fully saturated rings. The second kappa shape index (κ2) is 7.44. The number of rotatable bonds is 5. The van der Waals surface area contributed by atoms with Gasteiger partial charge in [-0.25, -0.2) is 12.7 Å². The van der Waals surface area contributed by atoms with Gasteiger partial charge >= 0.3 is 0 Å². The highest BCUT2D eigenvalue weighted by Gasteiger charge is 2.20. The molecule has 0 aliphatic rings. The minimum atomic E-state index is -3.48. The van der Waals surface area contributed by atoms with E-state index in [1.165, 1.54) is 10.4 Å². The standard InChI is InChI=1S/C15H21NO3S/c1-13(2)9-10-16(3)20(18,19)15-8-4-6-14(12-15)7-5-11-17/h4,6,8,12-13,17H,9-11H2,1-3H3. The second-order valence-electron chi connectivity index (χ2n) is 5.00. The first-order valence-corrected chi connectivity index (χ1v) is 7.98. The summed E-state index contributed by atoms with van der Waals surface area (Å²) in [7, 11) is -1.89. The van der Waals surface area contributed by atoms with Gasteiger partial charge in [-0.05, 0) is 30.5 Å². The van der Waals surface area contributed by atoms with E-state index >= 15 is 0 Å². The topological polar surface area (TPSA) is 57.6 Å². The molecule has 0 aromatic heterocycles. The summed E-state index contributed by atoms with van der Waals surface area (Å²) in [5.74, 6) is 5.68. The highest BCUT2D eigenvalue weighted by molar-refractivity contribution is 7.89. The van der Waals surface area contributed by atoms with Crippen molar-refractivity contribution in [3.05, 3.63) is 29.8 Å². The second-order valence-corrected chi connectivity index (χ2v) is 7.04. The third-order valence-electron chi connectivity index (χ3n) is 2.88. The van der Waals surface area contributed by atoms with Crippen molar-refractivity contribution in [3.8, 4) is 11.8 Å². The smallest absolute Gasteiger partial charge is 0.242 e. The van der Waals surface area contributed by atoms with Gasteiger partial charge in [0.05, 0.1) is 4.90 Å². The van der Waals surface area contributed by atoms with E-state index in [0.717, 1.165) is 6.42 Å². The van der Waals surface area contributed by atoms with Gasteiger partial charge in [-0.1, -0.05) is 31.8 Å². The molecule has 0 spiro atoms. The molecule has 0 amide bonds. The van der Waals surface area contributed by atoms with Gasteiger partial charge in [0.2, 0.25) is 10.0 Å². The van der Waals surface area contributed by atoms with E-state index in [0.29, 0.717) is 18.0 Å². The summed E-state index contributed by atoms with van der Waals surface area (Å²) in [5.41, 5.74) is 0.581. The number of nitrogens with zero attached hydrogens (tertiary/aromatic N) is 1. The van der Waals surface area contributed by atoms with Crippen LogP contribution in [0.4, 0.5) is 0 Å². The number of benzene rings is 1. The summed E-state index contributed by atoms with van der Waals surface area (Å²) >= 11 is 0. The van der Waals surface area contributed by atoms with E-state index in [4.69, 9.17) is 5.11 Å². The Hall–Kier alpha value is -1.35. The van der Waals surface area contributed by atoms with Crippen LogP contribution in [-0.2, 0) is 10.0 Å². The van der Waals surface area contributed by atoms with Crippen LogP contribution in [-0.4, -0.2) is 38.0 Å². The molecule has 0 atom stereocenters. The van der Waals surface area contributed by atoms with Gasteiger partial charge in [-0.3, -0.25) is 0 Å². The van der Waals surface area contributed by atoms with Crippen molar-refractivity contribution in [2.24, 2.45) is 5.92 Å². The summed E-state index contributed by atoms with van der Waals surface area (Å²) in [6.07, 6.45) is 0.819. The summed E-state index contributed by atoms with van der Waals surface area (Å²) in [6.45, 7) is 4.37. The highest BCUT2D eigenvalue weighted by Crippen LogP contribution is 2.16. The Bertz CT molecular complexity index is 597. The fourth-order valence-corrected chi connectivity index (χ4v) is 2.85. The Morgan fingerprint density at radius 2 is 2.05 bits per heavy atom. The third-order valence-corrected chi connectivity index (χ3v) is 4.73. The lowest BCUT2D eigenvalue weighted by molar-refractivity contribution is 0.350. The number of hydrogen-bond acceptors (Lipinski definition) is 3. The fraction of sp³-hybridized carbons (Fsp3) is 0.467. The molecule has 5 heteroatoms. The van der Waals surface area contributed by atoms with Crippen molar-refractivity contribution >= 4 is 10.0 Å². The predicted molar refractivity (Wildman–Crippen MR) is 79.7 cm³/mol. The average molecular weight is 295 g/mol. The lowest BCUT2D eigenvalue weighted by Crippen LogP contribution is -2.28. The van der Waals surface area contributed by atoms with E-state index in [1.54, 1.807) is 25.2 Å². The van der Waals surface area contributed by atoms with E-state index in [-0.39, 0.29) is 11.5 Å². The minimum Gasteiger partial charge on any atom is -0.384 e. The fourth-order valence-electron chi connectivity index (χ4n) is 1.62. The molecule has 1 rings (SSSR count). The van der Waals surface area contributed by atoms with Gasteiger partial charge in [0.15, 0.2) is 0 Å². The molecule has 0 bridgehead atoms. The molecule has 0 aliphatic heterocycles. The molecule has 0 radical (unpaired) electrons. The van der Waals surface area contributed by atoms with Crippen LogP contribution in [0.5, 0.6) is 0 Å². The zero-order valence-corrected chi connectivity index (χ0v) is 12.9. The van der Waals surface area contributed by atoms with Gasteiger partial charge in [0.1, 0.15) is 6.61 Å². The van der Waals surface area contributed by atoms with E-state index in [1.807, 2.05) is 0 Å². The third kappa shape index (κ3) is 4.64. The van der Waals surface area contributed by atoms with Crippen LogP contribution in [0.2, 0.25) is 0 Å². The zero-order chi connectivity index (χ0) is 15.2. The molecule has 0 unspecified atom stereocenters. The van der Waals surface area contributed by atoms with Crippen molar-refractivity contribution in [2.45, 2.75) is 25.2 Å². The SMILES string of the molecule is CC(C)CCN(C)S(=O)(=O)c1cccc(C#CCO)c1. The molecule has 1 aromatic rings. The molecule has 4 nitrogen and oxygen atoms in total. The molecular weight excluding hydrogens is 274 g/mol. The first kappa shape index (κ1) is 16.7. The first-order chi connectivity index (χ1) is 9.37. The number of aliphatic hydroxyl groups excluding tert-OH is 1. The summed E-state index contributed by atoms with van der Waals surface area (Å²) in [5, 5.41) is 8.67. The Morgan fingerprint density at radius 1 is 1.35 bits per heavy atom. The Labute approximate surface area is 121 Å². The van der Waals surface area contributed by atoms with Gasteiger partial charge in [0, 0.05) is 19.2 Å². The van der Waals surface area contributed by atoms with Gasteiger partial charge in [-0.2, -0.15) is 0 Å². The summed E-state index contributed by atoms with van der Waals surface area (Å²) in [6, 6.07) is 6.47. The quantitative estimate of drug-likeness (QED) is 0.841. The van der Waals surface area contributed by atoms with Crippen molar-refractivity contribution in [1.82, 2.24) is 4.31 Å². The summed E-state index contributed by atoms with van der Waals surface area (Å²) < 4.78 is 26.2. The maximum Gasteiger partial charge on any atom is 0.242 e. The van der Waals surface area contributed by atoms with Crippen molar-refractivity contribution < 1.29 is 13.5 Å². The molecule has 110 valence electrons. The Morgan fingerprint density at radius 3 is 2.65 bits per heavy atom. The first-order valence-electron chi connectivity index (χ1n) is 6.54. The Kier molecular flexibility index (Phi) is 6.21. The molecule has 0 heterocycles. The lowest BCUT2D eigenvalue weighted by atomic mass is 10.1. The summed E-state index contributed by atoms with van der Waals surface area (Å²) in [4.78, 5) is 0.230. The maximum absolute atomic E-state index is 12.4. The number of aliphatic hydroxyl groups is 1. The number of sulfonamides is 1. The van der Waals surface area contributed by atoms with E-state index < -0.39 is 10.0 Å². The normalized spacial score (nSPS) is 11.5. The van der Waals surface area contributed by atoms with Gasteiger partial charge in [-0.15, -0.1) is 0 Å². The van der Waals surface area contributed by atoms with Crippen LogP contribution in [0.15, 0.2) is 29.2 Å². The van der Waals surface area contributed by atoms with Crippen LogP contribution in [0.1, 0.15) is 25.8 Å². The highest BCUT2D eigenvalue weighted by atomic mass is 32.2. The van der Waals surface area contributed by atoms with Crippen LogP contribution in [0.25, 0.3) is 0 Å². The largest absolute Gasteiger partial charge is 0.384 e. The van der Waals surface area contributed by atoms with Gasteiger partial charge in [0.25, 0.3) is 0 Å². The van der Waals surface area contributed by atoms with E-state index in [2.05, 4.69) is 25.7 Å². The molecule has 1 aromatic carbocycles. The zero-order valence-electron chi connectivity index (χ0n) is 12.1. The molecule has 0 saturated heterocycles. The van der Waals surface area contributed by atoms with Crippen molar-refractivity contribution in [1.29, 1.82) is 0 Å². The molecular formula is C15H21NO3S. The van der Waals surface area contributed by atoms with Gasteiger partial charge < -0.3 is 5.11 Å². The average Bonchev–Trinajstić information content (AvgIpc) is 2.42. The molecule has 0 aliphatic carbocycles. The molecule has 0 saturated carbocycles. The van der Waals surface area contributed by atoms with Crippen molar-refractivity contribution in [2.75, 3.05) is 20.2 Å². The minimum absolute atomic E-state index is 0.230. The maximum atomic E-state index is 12.4. The monoisotopic (exact) mass is 295 g/mol. The van der Waals surface area contributed by atoms with Crippen LogP contribution < -0.4 is 0 Å². The molecule has 1 N–H and O–H groups in total. The van der Waals surface area contributed by atoms with Crippen molar-refractivity contribution in [3.63, 3.8) is 0 Å². The van der Waals surface area contributed by atoms with Crippen LogP contribution in [0, 0.1) is 17.8 Å². The molecule has 20 heavy (non-hydrogen) atoms. The predicted octanol–water partition coefficient (Wildman–Crippen LogP) is 1.70. The van der Waals surface area contributed by atoms with Crippen LogP contribution >= 0.6 is 0 Å². The lowest BCUT2D eigenvalue weighted by Gasteiger charge is -2.18.